The van der Waals surface area contributed by atoms with Gasteiger partial charge in [-0.1, -0.05) is 42.5 Å². The Morgan fingerprint density at radius 3 is 2.70 bits per heavy atom. The van der Waals surface area contributed by atoms with Gasteiger partial charge in [0.25, 0.3) is 0 Å². The van der Waals surface area contributed by atoms with E-state index in [9.17, 15) is 33.3 Å². The van der Waals surface area contributed by atoms with Crippen LogP contribution in [0.25, 0.3) is 0 Å². The molecule has 1 aromatic rings. The summed E-state index contributed by atoms with van der Waals surface area (Å²) >= 11 is 0. The number of hydrogen-bond acceptors (Lipinski definition) is 5. The first-order valence-corrected chi connectivity index (χ1v) is 11.2. The largest absolute Gasteiger partial charge is 0.469 e. The molecule has 3 N–H and O–H groups in total. The van der Waals surface area contributed by atoms with E-state index in [-0.39, 0.29) is 37.1 Å². The summed E-state index contributed by atoms with van der Waals surface area (Å²) in [6.45, 7) is 0. The number of carbonyl (C=O) groups excluding carboxylic acids is 1. The number of methoxy groups -OCH3 is 1. The molecular weight excluding hydrogens is 437 g/mol. The number of rotatable bonds is 11. The highest BCUT2D eigenvalue weighted by Crippen LogP contribution is 2.36. The molecule has 0 unspecified atom stereocenters. The van der Waals surface area contributed by atoms with Gasteiger partial charge in [-0.3, -0.25) is 4.79 Å². The lowest BCUT2D eigenvalue weighted by Crippen LogP contribution is -2.20. The quantitative estimate of drug-likeness (QED) is 0.256. The molecule has 0 spiro atoms. The minimum absolute atomic E-state index is 0.205. The number of carbonyl (C=O) groups is 1. The summed E-state index contributed by atoms with van der Waals surface area (Å²) in [7, 11) is 1.35. The fraction of sp³-hybridized carbons (Fsp3) is 0.560. The Morgan fingerprint density at radius 2 is 2.00 bits per heavy atom. The van der Waals surface area contributed by atoms with E-state index in [0.717, 1.165) is 12.1 Å². The SMILES string of the molecule is COC(=O)CCC/C=C/C[C@@H]1[C@@H](/C=C/[C@@H](O)CCc2cccc(C(F)(F)F)c2)[C@H](O)C[C@@H]1O. The number of alkyl halides is 3. The number of esters is 1. The standard InChI is InChI=1S/C25H33F3O5/c1-33-24(32)10-5-3-2-4-9-20-21(23(31)16-22(20)30)14-13-19(29)12-11-17-7-6-8-18(15-17)25(26,27)28/h2,4,6-8,13-15,19-23,29-31H,3,5,9-12,16H2,1H3/b4-2+,14-13+/t19-,20+,21+,22-,23+/m0/s1. The third-order valence-corrected chi connectivity index (χ3v) is 6.01. The first-order chi connectivity index (χ1) is 15.6. The fourth-order valence-corrected chi connectivity index (χ4v) is 4.11. The maximum Gasteiger partial charge on any atom is 0.416 e. The van der Waals surface area contributed by atoms with Crippen molar-refractivity contribution in [2.24, 2.45) is 11.8 Å². The van der Waals surface area contributed by atoms with E-state index in [2.05, 4.69) is 4.74 Å². The van der Waals surface area contributed by atoms with Crippen LogP contribution in [0.3, 0.4) is 0 Å². The Kier molecular flexibility index (Phi) is 10.6. The van der Waals surface area contributed by atoms with Crippen molar-refractivity contribution in [3.8, 4) is 0 Å². The number of aliphatic hydroxyl groups excluding tert-OH is 3. The van der Waals surface area contributed by atoms with Gasteiger partial charge in [-0.2, -0.15) is 13.2 Å². The van der Waals surface area contributed by atoms with Crippen molar-refractivity contribution < 1.29 is 38.0 Å². The van der Waals surface area contributed by atoms with Crippen molar-refractivity contribution >= 4 is 5.97 Å². The predicted molar refractivity (Wildman–Crippen MR) is 118 cm³/mol. The van der Waals surface area contributed by atoms with Gasteiger partial charge < -0.3 is 20.1 Å². The molecule has 1 aliphatic rings. The molecule has 33 heavy (non-hydrogen) atoms. The zero-order chi connectivity index (χ0) is 24.4. The van der Waals surface area contributed by atoms with Crippen molar-refractivity contribution in [1.82, 2.24) is 0 Å². The fourth-order valence-electron chi connectivity index (χ4n) is 4.11. The molecule has 0 amide bonds. The zero-order valence-electron chi connectivity index (χ0n) is 18.7. The van der Waals surface area contributed by atoms with Gasteiger partial charge >= 0.3 is 12.1 Å². The molecule has 0 radical (unpaired) electrons. The van der Waals surface area contributed by atoms with E-state index >= 15 is 0 Å². The van der Waals surface area contributed by atoms with Crippen LogP contribution in [0.4, 0.5) is 13.2 Å². The van der Waals surface area contributed by atoms with Crippen molar-refractivity contribution in [1.29, 1.82) is 0 Å². The van der Waals surface area contributed by atoms with Crippen LogP contribution in [0, 0.1) is 11.8 Å². The molecular formula is C25H33F3O5. The minimum Gasteiger partial charge on any atom is -0.469 e. The van der Waals surface area contributed by atoms with E-state index < -0.39 is 30.1 Å². The summed E-state index contributed by atoms with van der Waals surface area (Å²) in [6.07, 6.45) is 3.46. The van der Waals surface area contributed by atoms with Gasteiger partial charge in [-0.25, -0.2) is 0 Å². The Hall–Kier alpha value is -2.16. The second-order valence-corrected chi connectivity index (χ2v) is 8.48. The highest BCUT2D eigenvalue weighted by atomic mass is 19.4. The van der Waals surface area contributed by atoms with Crippen LogP contribution in [-0.4, -0.2) is 46.7 Å². The minimum atomic E-state index is -4.40. The van der Waals surface area contributed by atoms with Gasteiger partial charge in [0.2, 0.25) is 0 Å². The maximum absolute atomic E-state index is 12.8. The molecule has 5 nitrogen and oxygen atoms in total. The van der Waals surface area contributed by atoms with Gasteiger partial charge in [-0.05, 0) is 49.7 Å². The van der Waals surface area contributed by atoms with Gasteiger partial charge in [-0.15, -0.1) is 0 Å². The second-order valence-electron chi connectivity index (χ2n) is 8.48. The Morgan fingerprint density at radius 1 is 1.24 bits per heavy atom. The summed E-state index contributed by atoms with van der Waals surface area (Å²) in [5.74, 6) is -0.791. The number of ether oxygens (including phenoxy) is 1. The number of aryl methyl sites for hydroxylation is 1. The van der Waals surface area contributed by atoms with Gasteiger partial charge in [0, 0.05) is 18.8 Å². The lowest BCUT2D eigenvalue weighted by atomic mass is 9.89. The summed E-state index contributed by atoms with van der Waals surface area (Å²) in [5, 5.41) is 30.9. The molecule has 1 aliphatic carbocycles. The van der Waals surface area contributed by atoms with Crippen molar-refractivity contribution in [2.45, 2.75) is 69.4 Å². The number of allylic oxidation sites excluding steroid dienone is 2. The molecule has 1 aromatic carbocycles. The van der Waals surface area contributed by atoms with E-state index in [1.807, 2.05) is 12.2 Å². The predicted octanol–water partition coefficient (Wildman–Crippen LogP) is 4.20. The number of hydrogen-bond donors (Lipinski definition) is 3. The summed E-state index contributed by atoms with van der Waals surface area (Å²) < 4.78 is 43.1. The average molecular weight is 471 g/mol. The Bertz CT molecular complexity index is 805. The molecule has 184 valence electrons. The summed E-state index contributed by atoms with van der Waals surface area (Å²) in [4.78, 5) is 11.1. The van der Waals surface area contributed by atoms with Gasteiger partial charge in [0.1, 0.15) is 0 Å². The number of unbranched alkanes of at least 4 members (excludes halogenated alkanes) is 1. The molecule has 0 saturated heterocycles. The van der Waals surface area contributed by atoms with E-state index in [1.165, 1.54) is 13.2 Å². The lowest BCUT2D eigenvalue weighted by molar-refractivity contribution is -0.140. The van der Waals surface area contributed by atoms with Crippen LogP contribution in [0.2, 0.25) is 0 Å². The van der Waals surface area contributed by atoms with Gasteiger partial charge in [0.15, 0.2) is 0 Å². The number of halogens is 3. The van der Waals surface area contributed by atoms with Crippen LogP contribution in [-0.2, 0) is 22.1 Å². The molecule has 1 saturated carbocycles. The van der Waals surface area contributed by atoms with Gasteiger partial charge in [0.05, 0.1) is 31.0 Å². The first kappa shape index (κ1) is 27.1. The first-order valence-electron chi connectivity index (χ1n) is 11.2. The molecule has 0 heterocycles. The second kappa shape index (κ2) is 12.9. The molecule has 0 aromatic heterocycles. The number of aliphatic hydroxyl groups is 3. The molecule has 1 fully saturated rings. The zero-order valence-corrected chi connectivity index (χ0v) is 18.7. The van der Waals surface area contributed by atoms with Crippen LogP contribution >= 0.6 is 0 Å². The maximum atomic E-state index is 12.8. The molecule has 2 rings (SSSR count). The third kappa shape index (κ3) is 8.95. The van der Waals surface area contributed by atoms with Crippen LogP contribution in [0.5, 0.6) is 0 Å². The Balaban J connectivity index is 1.86. The average Bonchev–Trinajstić information content (AvgIpc) is 3.04. The Labute approximate surface area is 192 Å². The van der Waals surface area contributed by atoms with Crippen molar-refractivity contribution in [2.75, 3.05) is 7.11 Å². The highest BCUT2D eigenvalue weighted by molar-refractivity contribution is 5.69. The molecule has 5 atom stereocenters. The molecule has 0 aliphatic heterocycles. The van der Waals surface area contributed by atoms with Crippen LogP contribution < -0.4 is 0 Å². The number of benzene rings is 1. The van der Waals surface area contributed by atoms with Crippen LogP contribution in [0.15, 0.2) is 48.6 Å². The lowest BCUT2D eigenvalue weighted by Gasteiger charge is -2.19. The van der Waals surface area contributed by atoms with Crippen LogP contribution in [0.1, 0.15) is 49.7 Å². The summed E-state index contributed by atoms with van der Waals surface area (Å²) in [6, 6.07) is 5.04. The third-order valence-electron chi connectivity index (χ3n) is 6.01. The normalized spacial score (nSPS) is 24.6. The monoisotopic (exact) mass is 470 g/mol. The highest BCUT2D eigenvalue weighted by Gasteiger charge is 2.39. The smallest absolute Gasteiger partial charge is 0.416 e. The van der Waals surface area contributed by atoms with Crippen molar-refractivity contribution in [3.05, 3.63) is 59.7 Å². The van der Waals surface area contributed by atoms with Crippen molar-refractivity contribution in [3.63, 3.8) is 0 Å². The van der Waals surface area contributed by atoms with E-state index in [0.29, 0.717) is 31.2 Å². The molecule has 8 heteroatoms. The summed E-state index contributed by atoms with van der Waals surface area (Å²) in [5.41, 5.74) is -0.224. The van der Waals surface area contributed by atoms with E-state index in [1.54, 1.807) is 18.2 Å². The topological polar surface area (TPSA) is 87.0 Å². The van der Waals surface area contributed by atoms with E-state index in [4.69, 9.17) is 0 Å². The molecule has 0 bridgehead atoms.